The number of aromatic nitrogens is 1. The lowest BCUT2D eigenvalue weighted by Gasteiger charge is -2.53. The van der Waals surface area contributed by atoms with Crippen LogP contribution in [0.5, 0.6) is 5.75 Å². The van der Waals surface area contributed by atoms with E-state index in [1.54, 1.807) is 6.07 Å². The van der Waals surface area contributed by atoms with Crippen molar-refractivity contribution in [2.24, 2.45) is 5.92 Å². The zero-order chi connectivity index (χ0) is 34.0. The van der Waals surface area contributed by atoms with Crippen LogP contribution in [0, 0.1) is 5.92 Å². The van der Waals surface area contributed by atoms with Gasteiger partial charge in [0.2, 0.25) is 5.60 Å². The van der Waals surface area contributed by atoms with Crippen molar-refractivity contribution in [3.8, 4) is 5.75 Å². The zero-order valence-corrected chi connectivity index (χ0v) is 29.7. The second kappa shape index (κ2) is 14.5. The summed E-state index contributed by atoms with van der Waals surface area (Å²) in [5.74, 6) is 0.154. The third kappa shape index (κ3) is 7.14. The number of benzene rings is 2. The normalized spacial score (nSPS) is 21.3. The quantitative estimate of drug-likeness (QED) is 0.0717. The van der Waals surface area contributed by atoms with Crippen LogP contribution in [-0.4, -0.2) is 76.0 Å². The lowest BCUT2D eigenvalue weighted by Crippen LogP contribution is -2.68. The topological polar surface area (TPSA) is 135 Å². The number of rotatable bonds is 14. The number of carbonyl (C=O) groups excluding carboxylic acids is 1. The molecule has 6 heterocycles. The molecular formula is C37H43N4O5S3+. The van der Waals surface area contributed by atoms with E-state index in [0.717, 1.165) is 74.1 Å². The minimum absolute atomic E-state index is 0.00447. The number of nitrogens with one attached hydrogen (secondary N) is 3. The number of aromatic amines is 1. The molecule has 3 saturated heterocycles. The second-order valence-electron chi connectivity index (χ2n) is 13.6. The van der Waals surface area contributed by atoms with Crippen LogP contribution < -0.4 is 15.5 Å². The van der Waals surface area contributed by atoms with E-state index in [-0.39, 0.29) is 22.6 Å². The molecule has 2 bridgehead atoms. The molecule has 0 saturated carbocycles. The highest BCUT2D eigenvalue weighted by atomic mass is 32.1. The van der Waals surface area contributed by atoms with Gasteiger partial charge in [0.25, 0.3) is 5.91 Å². The van der Waals surface area contributed by atoms with Gasteiger partial charge in [0, 0.05) is 31.4 Å². The lowest BCUT2D eigenvalue weighted by atomic mass is 9.81. The number of thiophene rings is 2. The van der Waals surface area contributed by atoms with Crippen molar-refractivity contribution in [2.75, 3.05) is 39.3 Å². The first kappa shape index (κ1) is 34.1. The van der Waals surface area contributed by atoms with E-state index in [2.05, 4.69) is 39.9 Å². The number of H-pyrrole nitrogens is 1. The van der Waals surface area contributed by atoms with Crippen LogP contribution in [-0.2, 0) is 23.2 Å². The average Bonchev–Trinajstić information content (AvgIpc) is 3.91. The van der Waals surface area contributed by atoms with E-state index in [0.29, 0.717) is 44.5 Å². The summed E-state index contributed by atoms with van der Waals surface area (Å²) in [6.45, 7) is 5.37. The Morgan fingerprint density at radius 2 is 1.65 bits per heavy atom. The molecule has 0 radical (unpaired) electrons. The Bertz CT molecular complexity index is 1880. The van der Waals surface area contributed by atoms with Gasteiger partial charge in [-0.1, -0.05) is 53.8 Å². The standard InChI is InChI=1S/C37H42N4O5S3/c42-29-12-11-27(34-33(29)40-36(45)49-34)30(43)22-38-16-13-25-9-7-24(8-10-25)4-1-17-41-18-14-26(15-19-41)28(23-41)39-35(44)37(46,31-5-2-20-47-31)32-6-3-21-48-32/h2-3,5-12,20-21,26,28,30,38,43,46H,1,4,13-19,22-23H2,(H2-,39,40,42,44,45)/p+1/t26?,28-,30-,41?/m0/s1. The van der Waals surface area contributed by atoms with Gasteiger partial charge in [-0.25, -0.2) is 0 Å². The van der Waals surface area contributed by atoms with Gasteiger partial charge in [-0.3, -0.25) is 9.59 Å². The van der Waals surface area contributed by atoms with E-state index in [1.165, 1.54) is 39.9 Å². The molecule has 2 aromatic carbocycles. The summed E-state index contributed by atoms with van der Waals surface area (Å²) in [6.07, 6.45) is 4.34. The molecule has 3 aromatic heterocycles. The summed E-state index contributed by atoms with van der Waals surface area (Å²) in [5, 5.41) is 43.0. The molecule has 3 fully saturated rings. The molecule has 49 heavy (non-hydrogen) atoms. The average molecular weight is 720 g/mol. The summed E-state index contributed by atoms with van der Waals surface area (Å²) in [6, 6.07) is 19.5. The summed E-state index contributed by atoms with van der Waals surface area (Å²) >= 11 is 3.82. The van der Waals surface area contributed by atoms with Gasteiger partial charge in [-0.2, -0.15) is 0 Å². The van der Waals surface area contributed by atoms with Crippen LogP contribution in [0.15, 0.2) is 76.2 Å². The highest BCUT2D eigenvalue weighted by molar-refractivity contribution is 7.16. The second-order valence-corrected chi connectivity index (χ2v) is 16.4. The predicted octanol–water partition coefficient (Wildman–Crippen LogP) is 4.88. The van der Waals surface area contributed by atoms with Gasteiger partial charge in [0.05, 0.1) is 52.8 Å². The summed E-state index contributed by atoms with van der Waals surface area (Å²) in [4.78, 5) is 29.2. The number of aliphatic hydroxyl groups is 2. The number of aryl methyl sites for hydroxylation is 1. The maximum atomic E-state index is 13.8. The van der Waals surface area contributed by atoms with Crippen LogP contribution in [0.2, 0.25) is 0 Å². The Hall–Kier alpha value is -3.36. The van der Waals surface area contributed by atoms with E-state index in [9.17, 15) is 24.9 Å². The fourth-order valence-electron chi connectivity index (χ4n) is 7.73. The maximum Gasteiger partial charge on any atom is 0.305 e. The number of quaternary nitrogens is 1. The number of phenolic OH excluding ortho intramolecular Hbond substituents is 1. The third-order valence-corrected chi connectivity index (χ3v) is 13.4. The van der Waals surface area contributed by atoms with Crippen LogP contribution >= 0.6 is 34.0 Å². The summed E-state index contributed by atoms with van der Waals surface area (Å²) in [5.41, 5.74) is 1.89. The van der Waals surface area contributed by atoms with Crippen molar-refractivity contribution in [3.05, 3.63) is 108 Å². The fraction of sp³-hybridized carbons (Fsp3) is 0.405. The first-order valence-electron chi connectivity index (χ1n) is 17.0. The van der Waals surface area contributed by atoms with Gasteiger partial charge < -0.3 is 35.4 Å². The molecule has 0 unspecified atom stereocenters. The SMILES string of the molecule is O=C(N[C@H]1C[N+]2(CCCc3ccc(CCNC[C@H](O)c4ccc(O)c5[nH]c(=O)sc45)cc3)CCC1CC2)C(O)(c1cccs1)c1cccs1. The van der Waals surface area contributed by atoms with Crippen molar-refractivity contribution in [2.45, 2.75) is 49.9 Å². The van der Waals surface area contributed by atoms with Crippen molar-refractivity contribution < 1.29 is 24.6 Å². The number of amides is 1. The number of hydrogen-bond acceptors (Lipinski definition) is 9. The smallest absolute Gasteiger partial charge is 0.305 e. The number of nitrogens with zero attached hydrogens (tertiary/aromatic N) is 1. The molecular weight excluding hydrogens is 677 g/mol. The van der Waals surface area contributed by atoms with E-state index in [4.69, 9.17) is 0 Å². The highest BCUT2D eigenvalue weighted by Gasteiger charge is 2.49. The first-order valence-corrected chi connectivity index (χ1v) is 19.6. The van der Waals surface area contributed by atoms with Crippen LogP contribution in [0.25, 0.3) is 10.2 Å². The minimum atomic E-state index is -1.66. The molecule has 0 aliphatic carbocycles. The fourth-order valence-corrected chi connectivity index (χ4v) is 10.4. The molecule has 5 aromatic rings. The van der Waals surface area contributed by atoms with Crippen LogP contribution in [0.4, 0.5) is 0 Å². The van der Waals surface area contributed by atoms with Crippen molar-refractivity contribution in [1.82, 2.24) is 15.6 Å². The van der Waals surface area contributed by atoms with E-state index < -0.39 is 11.7 Å². The number of phenols is 1. The van der Waals surface area contributed by atoms with Crippen molar-refractivity contribution >= 4 is 50.1 Å². The monoisotopic (exact) mass is 719 g/mol. The third-order valence-electron chi connectivity index (χ3n) is 10.5. The maximum absolute atomic E-state index is 13.8. The molecule has 8 rings (SSSR count). The molecule has 0 spiro atoms. The number of fused-ring (bicyclic) bond motifs is 4. The molecule has 9 nitrogen and oxygen atoms in total. The van der Waals surface area contributed by atoms with E-state index in [1.807, 2.05) is 35.0 Å². The van der Waals surface area contributed by atoms with Crippen LogP contribution in [0.3, 0.4) is 0 Å². The molecule has 1 amide bonds. The van der Waals surface area contributed by atoms with Crippen molar-refractivity contribution in [1.29, 1.82) is 0 Å². The Balaban J connectivity index is 0.877. The highest BCUT2D eigenvalue weighted by Crippen LogP contribution is 2.39. The lowest BCUT2D eigenvalue weighted by molar-refractivity contribution is -0.944. The first-order chi connectivity index (χ1) is 23.7. The molecule has 3 aliphatic rings. The van der Waals surface area contributed by atoms with Gasteiger partial charge >= 0.3 is 4.87 Å². The Kier molecular flexibility index (Phi) is 10.1. The largest absolute Gasteiger partial charge is 0.506 e. The predicted molar refractivity (Wildman–Crippen MR) is 196 cm³/mol. The Morgan fingerprint density at radius 1 is 0.980 bits per heavy atom. The number of hydrogen-bond donors (Lipinski definition) is 6. The Morgan fingerprint density at radius 3 is 2.31 bits per heavy atom. The Labute approximate surface area is 297 Å². The van der Waals surface area contributed by atoms with Gasteiger partial charge in [0.15, 0.2) is 0 Å². The molecule has 6 N–H and O–H groups in total. The number of carbonyl (C=O) groups is 1. The molecule has 2 atom stereocenters. The molecule has 3 aliphatic heterocycles. The van der Waals surface area contributed by atoms with E-state index >= 15 is 0 Å². The van der Waals surface area contributed by atoms with Gasteiger partial charge in [-0.05, 0) is 65.4 Å². The summed E-state index contributed by atoms with van der Waals surface area (Å²) in [7, 11) is 0. The molecule has 258 valence electrons. The number of aliphatic hydroxyl groups excluding tert-OH is 1. The zero-order valence-electron chi connectivity index (χ0n) is 27.3. The molecule has 12 heteroatoms. The summed E-state index contributed by atoms with van der Waals surface area (Å²) < 4.78 is 1.62. The number of thiazole rings is 1. The number of aromatic hydroxyl groups is 1. The minimum Gasteiger partial charge on any atom is -0.506 e. The number of piperidine rings is 3. The van der Waals surface area contributed by atoms with Gasteiger partial charge in [0.1, 0.15) is 11.3 Å². The van der Waals surface area contributed by atoms with Crippen LogP contribution in [0.1, 0.15) is 51.8 Å². The van der Waals surface area contributed by atoms with Crippen molar-refractivity contribution in [3.63, 3.8) is 0 Å². The van der Waals surface area contributed by atoms with Gasteiger partial charge in [-0.15, -0.1) is 22.7 Å².